The number of aliphatic imine (C=N–C) groups is 1. The molecule has 2 aromatic rings. The number of aliphatic hydroxyl groups excluding tert-OH is 3. The molecule has 0 radical (unpaired) electrons. The number of carbonyl (C=O) groups is 2. The lowest BCUT2D eigenvalue weighted by Gasteiger charge is -2.37. The third-order valence-electron chi connectivity index (χ3n) is 6.57. The molecule has 1 saturated carbocycles. The molecule has 4 rings (SSSR count). The highest BCUT2D eigenvalue weighted by atomic mass is 16.5. The topological polar surface area (TPSA) is 210 Å². The Kier molecular flexibility index (Phi) is 10.2. The van der Waals surface area contributed by atoms with Crippen LogP contribution in [0.5, 0.6) is 23.3 Å². The molecule has 1 fully saturated rings. The molecule has 1 aliphatic carbocycles. The van der Waals surface area contributed by atoms with Crippen LogP contribution < -0.4 is 18.9 Å². The summed E-state index contributed by atoms with van der Waals surface area (Å²) in [5.74, 6) is -1.34. The fraction of sp³-hybridized carbons (Fsp3) is 0.500. The van der Waals surface area contributed by atoms with Crippen molar-refractivity contribution < 1.29 is 54.1 Å². The Labute approximate surface area is 229 Å². The van der Waals surface area contributed by atoms with Gasteiger partial charge >= 0.3 is 11.9 Å². The van der Waals surface area contributed by atoms with Crippen molar-refractivity contribution >= 4 is 17.7 Å². The Balaban J connectivity index is 0.000000378. The van der Waals surface area contributed by atoms with E-state index in [4.69, 9.17) is 44.4 Å². The van der Waals surface area contributed by atoms with E-state index in [0.29, 0.717) is 41.9 Å². The highest BCUT2D eigenvalue weighted by Gasteiger charge is 2.38. The van der Waals surface area contributed by atoms with Crippen LogP contribution >= 0.6 is 0 Å². The highest BCUT2D eigenvalue weighted by molar-refractivity contribution is 6.16. The van der Waals surface area contributed by atoms with Gasteiger partial charge in [-0.1, -0.05) is 0 Å². The van der Waals surface area contributed by atoms with Crippen LogP contribution in [0, 0.1) is 0 Å². The second kappa shape index (κ2) is 13.4. The maximum absolute atomic E-state index is 10.3. The number of ether oxygens (including phenoxy) is 4. The Hall–Kier alpha value is -4.01. The van der Waals surface area contributed by atoms with Crippen molar-refractivity contribution in [3.8, 4) is 23.3 Å². The Morgan fingerprint density at radius 3 is 2.15 bits per heavy atom. The molecule has 1 aliphatic heterocycles. The largest absolute Gasteiger partial charge is 0.493 e. The van der Waals surface area contributed by atoms with Gasteiger partial charge in [0.2, 0.25) is 11.8 Å². The lowest BCUT2D eigenvalue weighted by atomic mass is 9.74. The molecule has 14 nitrogen and oxygen atoms in total. The number of hydrogen-bond donors (Lipinski definition) is 5. The first-order valence-corrected chi connectivity index (χ1v) is 12.4. The maximum Gasteiger partial charge on any atom is 0.335 e. The van der Waals surface area contributed by atoms with Crippen molar-refractivity contribution in [3.63, 3.8) is 0 Å². The van der Waals surface area contributed by atoms with Crippen LogP contribution in [0.4, 0.5) is 0 Å². The van der Waals surface area contributed by atoms with Crippen LogP contribution in [0.3, 0.4) is 0 Å². The number of rotatable bonds is 9. The minimum atomic E-state index is -2.27. The second-order valence-electron chi connectivity index (χ2n) is 9.02. The van der Waals surface area contributed by atoms with Crippen LogP contribution in [0.1, 0.15) is 48.8 Å². The zero-order valence-corrected chi connectivity index (χ0v) is 22.5. The number of aliphatic carboxylic acids is 2. The van der Waals surface area contributed by atoms with E-state index in [0.717, 1.165) is 29.7 Å². The van der Waals surface area contributed by atoms with Crippen molar-refractivity contribution in [1.82, 2.24) is 10.2 Å². The lowest BCUT2D eigenvalue weighted by Crippen LogP contribution is -2.39. The molecule has 5 N–H and O–H groups in total. The minimum Gasteiger partial charge on any atom is -0.493 e. The molecule has 40 heavy (non-hydrogen) atoms. The smallest absolute Gasteiger partial charge is 0.335 e. The van der Waals surface area contributed by atoms with E-state index in [-0.39, 0.29) is 18.1 Å². The summed E-state index contributed by atoms with van der Waals surface area (Å²) in [6, 6.07) is 5.82. The molecule has 14 heteroatoms. The number of nitrogens with zero attached hydrogens (tertiary/aromatic N) is 3. The fourth-order valence-corrected chi connectivity index (χ4v) is 4.64. The molecular formula is C26H33N3O11. The molecule has 1 aromatic heterocycles. The van der Waals surface area contributed by atoms with Gasteiger partial charge in [0.1, 0.15) is 0 Å². The first-order chi connectivity index (χ1) is 19.1. The summed E-state index contributed by atoms with van der Waals surface area (Å²) in [5, 5.41) is 51.0. The SMILES string of the molecule is CCOc1cc2c(cc1OC)C(c1cc(OC)nnc1OC)=N[C@@H]1CC[C@@H](O)C[C@H]21.O=C(O)C(O)C(O)C(=O)O. The average molecular weight is 564 g/mol. The van der Waals surface area contributed by atoms with Gasteiger partial charge in [-0.2, -0.15) is 0 Å². The standard InChI is InChI=1S/C22H27N3O5.C4H6O6/c1-5-30-19-9-13-14-8-12(26)6-7-17(14)23-21(15(13)10-18(19)27-2)16-11-20(28-3)24-25-22(16)29-4;5-1(3(7)8)2(6)4(9)10/h9-12,14,17,26H,5-8H2,1-4H3;1-2,5-6H,(H,7,8)(H,9,10)/t12-,14-,17-;/m1./s1. The van der Waals surface area contributed by atoms with E-state index < -0.39 is 24.1 Å². The van der Waals surface area contributed by atoms with Gasteiger partial charge in [-0.15, -0.1) is 10.2 Å². The molecule has 2 heterocycles. The minimum absolute atomic E-state index is 0.0580. The lowest BCUT2D eigenvalue weighted by molar-refractivity contribution is -0.165. The van der Waals surface area contributed by atoms with Crippen molar-refractivity contribution in [3.05, 3.63) is 34.9 Å². The molecule has 0 spiro atoms. The summed E-state index contributed by atoms with van der Waals surface area (Å²) in [4.78, 5) is 24.6. The first-order valence-electron chi connectivity index (χ1n) is 12.4. The van der Waals surface area contributed by atoms with Crippen molar-refractivity contribution in [2.45, 2.75) is 56.5 Å². The zero-order chi connectivity index (χ0) is 29.6. The number of aromatic nitrogens is 2. The molecule has 1 aromatic carbocycles. The number of methoxy groups -OCH3 is 3. The molecule has 2 unspecified atom stereocenters. The molecule has 0 bridgehead atoms. The number of benzene rings is 1. The fourth-order valence-electron chi connectivity index (χ4n) is 4.64. The van der Waals surface area contributed by atoms with Gasteiger partial charge in [0.05, 0.1) is 51.4 Å². The number of fused-ring (bicyclic) bond motifs is 3. The van der Waals surface area contributed by atoms with Crippen LogP contribution in [-0.2, 0) is 9.59 Å². The monoisotopic (exact) mass is 563 g/mol. The predicted molar refractivity (Wildman–Crippen MR) is 139 cm³/mol. The van der Waals surface area contributed by atoms with Gasteiger partial charge in [-0.3, -0.25) is 4.99 Å². The predicted octanol–water partition coefficient (Wildman–Crippen LogP) is 0.627. The molecule has 0 amide bonds. The van der Waals surface area contributed by atoms with Crippen molar-refractivity contribution in [2.24, 2.45) is 4.99 Å². The first kappa shape index (κ1) is 30.5. The van der Waals surface area contributed by atoms with Gasteiger partial charge in [0, 0.05) is 17.5 Å². The Morgan fingerprint density at radius 1 is 0.925 bits per heavy atom. The summed E-state index contributed by atoms with van der Waals surface area (Å²) in [7, 11) is 4.73. The second-order valence-corrected chi connectivity index (χ2v) is 9.02. The third-order valence-corrected chi connectivity index (χ3v) is 6.57. The van der Waals surface area contributed by atoms with E-state index in [9.17, 15) is 14.7 Å². The summed E-state index contributed by atoms with van der Waals surface area (Å²) in [5.41, 5.74) is 3.47. The summed E-state index contributed by atoms with van der Waals surface area (Å²) < 4.78 is 22.2. The third kappa shape index (κ3) is 6.58. The van der Waals surface area contributed by atoms with Crippen molar-refractivity contribution in [1.29, 1.82) is 0 Å². The number of aliphatic hydroxyl groups is 3. The molecule has 5 atom stereocenters. The Morgan fingerprint density at radius 2 is 1.60 bits per heavy atom. The molecule has 218 valence electrons. The zero-order valence-electron chi connectivity index (χ0n) is 22.5. The average Bonchev–Trinajstić information content (AvgIpc) is 2.95. The van der Waals surface area contributed by atoms with E-state index in [1.165, 1.54) is 0 Å². The number of carboxylic acid groups (broad SMARTS) is 2. The summed E-state index contributed by atoms with van der Waals surface area (Å²) in [6.45, 7) is 2.48. The van der Waals surface area contributed by atoms with Crippen LogP contribution in [0.25, 0.3) is 0 Å². The van der Waals surface area contributed by atoms with E-state index >= 15 is 0 Å². The van der Waals surface area contributed by atoms with Gasteiger partial charge in [0.25, 0.3) is 0 Å². The van der Waals surface area contributed by atoms with Crippen molar-refractivity contribution in [2.75, 3.05) is 27.9 Å². The quantitative estimate of drug-likeness (QED) is 0.284. The van der Waals surface area contributed by atoms with E-state index in [2.05, 4.69) is 10.2 Å². The molecule has 2 aliphatic rings. The van der Waals surface area contributed by atoms with E-state index in [1.54, 1.807) is 27.4 Å². The van der Waals surface area contributed by atoms with E-state index in [1.807, 2.05) is 19.1 Å². The summed E-state index contributed by atoms with van der Waals surface area (Å²) in [6.07, 6.45) is -2.65. The Bertz CT molecular complexity index is 1230. The van der Waals surface area contributed by atoms with Gasteiger partial charge in [-0.05, 0) is 43.9 Å². The molecular weight excluding hydrogens is 530 g/mol. The van der Waals surface area contributed by atoms with Crippen LogP contribution in [0.2, 0.25) is 0 Å². The van der Waals surface area contributed by atoms with Gasteiger partial charge < -0.3 is 44.5 Å². The van der Waals surface area contributed by atoms with Gasteiger partial charge in [0.15, 0.2) is 23.7 Å². The maximum atomic E-state index is 10.3. The summed E-state index contributed by atoms with van der Waals surface area (Å²) >= 11 is 0. The number of hydrogen-bond acceptors (Lipinski definition) is 12. The van der Waals surface area contributed by atoms with Crippen LogP contribution in [0.15, 0.2) is 23.2 Å². The van der Waals surface area contributed by atoms with Crippen LogP contribution in [-0.4, -0.2) is 106 Å². The highest BCUT2D eigenvalue weighted by Crippen LogP contribution is 2.45. The number of carboxylic acids is 2. The molecule has 0 saturated heterocycles. The normalized spacial score (nSPS) is 20.8. The van der Waals surface area contributed by atoms with Gasteiger partial charge in [-0.25, -0.2) is 9.59 Å².